The quantitative estimate of drug-likeness (QED) is 0.469. The molecule has 202 valence electrons. The van der Waals surface area contributed by atoms with Gasteiger partial charge in [-0.05, 0) is 18.6 Å². The summed E-state index contributed by atoms with van der Waals surface area (Å²) in [6.07, 6.45) is 2.38. The molecule has 0 radical (unpaired) electrons. The van der Waals surface area contributed by atoms with Crippen molar-refractivity contribution in [3.63, 3.8) is 0 Å². The van der Waals surface area contributed by atoms with E-state index >= 15 is 0 Å². The van der Waals surface area contributed by atoms with Crippen LogP contribution in [0.5, 0.6) is 5.75 Å². The van der Waals surface area contributed by atoms with E-state index in [1.165, 1.54) is 15.5 Å². The average molecular weight is 542 g/mol. The van der Waals surface area contributed by atoms with Gasteiger partial charge in [-0.2, -0.15) is 0 Å². The Kier molecular flexibility index (Phi) is 6.98. The zero-order chi connectivity index (χ0) is 27.8. The maximum absolute atomic E-state index is 14.6. The Morgan fingerprint density at radius 1 is 1.08 bits per heavy atom. The van der Waals surface area contributed by atoms with Crippen LogP contribution >= 0.6 is 0 Å². The van der Waals surface area contributed by atoms with E-state index in [1.54, 1.807) is 37.3 Å². The molecule has 0 unspecified atom stereocenters. The highest BCUT2D eigenvalue weighted by Gasteiger charge is 2.39. The van der Waals surface area contributed by atoms with Crippen molar-refractivity contribution in [2.24, 2.45) is 0 Å². The number of nitrogens with zero attached hydrogens (tertiary/aromatic N) is 2. The Hall–Kier alpha value is -4.41. The van der Waals surface area contributed by atoms with Crippen molar-refractivity contribution < 1.29 is 31.9 Å². The first-order valence-electron chi connectivity index (χ1n) is 12.2. The maximum Gasteiger partial charge on any atom is 0.275 e. The van der Waals surface area contributed by atoms with Crippen molar-refractivity contribution >= 4 is 11.8 Å². The smallest absolute Gasteiger partial charge is 0.275 e. The van der Waals surface area contributed by atoms with Crippen molar-refractivity contribution in [2.75, 3.05) is 6.54 Å². The predicted molar refractivity (Wildman–Crippen MR) is 132 cm³/mol. The Morgan fingerprint density at radius 3 is 2.46 bits per heavy atom. The van der Waals surface area contributed by atoms with Gasteiger partial charge in [0.05, 0.1) is 12.1 Å². The largest absolute Gasteiger partial charge is 0.483 e. The number of hydrogen-bond donors (Lipinski definition) is 1. The van der Waals surface area contributed by atoms with E-state index in [1.807, 2.05) is 0 Å². The van der Waals surface area contributed by atoms with Crippen LogP contribution < -0.4 is 15.5 Å². The summed E-state index contributed by atoms with van der Waals surface area (Å²) in [5.41, 5.74) is -1.40. The van der Waals surface area contributed by atoms with E-state index in [9.17, 15) is 31.9 Å². The number of benzene rings is 2. The fourth-order valence-corrected chi connectivity index (χ4v) is 4.83. The third kappa shape index (κ3) is 5.04. The van der Waals surface area contributed by atoms with E-state index in [2.05, 4.69) is 5.32 Å². The first kappa shape index (κ1) is 26.2. The number of halogens is 4. The highest BCUT2D eigenvalue weighted by atomic mass is 19.1. The molecular formula is C28H23F4N3O4. The molecule has 2 atom stereocenters. The molecule has 7 nitrogen and oxygen atoms in total. The average Bonchev–Trinajstić information content (AvgIpc) is 3.02. The third-order valence-electron chi connectivity index (χ3n) is 6.80. The zero-order valence-corrected chi connectivity index (χ0v) is 20.7. The lowest BCUT2D eigenvalue weighted by Crippen LogP contribution is -2.47. The van der Waals surface area contributed by atoms with Crippen molar-refractivity contribution in [3.8, 4) is 5.75 Å². The van der Waals surface area contributed by atoms with Gasteiger partial charge >= 0.3 is 0 Å². The highest BCUT2D eigenvalue weighted by molar-refractivity contribution is 5.99. The van der Waals surface area contributed by atoms with Crippen LogP contribution in [0.3, 0.4) is 0 Å². The van der Waals surface area contributed by atoms with Crippen LogP contribution in [0.2, 0.25) is 0 Å². The fourth-order valence-electron chi connectivity index (χ4n) is 4.83. The molecule has 0 aliphatic carbocycles. The highest BCUT2D eigenvalue weighted by Crippen LogP contribution is 2.35. The Bertz CT molecular complexity index is 1530. The molecule has 2 aromatic carbocycles. The SMILES string of the molecule is C[C@H]1C=C(F)C[C@H]2CN1C(=O)c1c(OCc3ccccc3)c(=O)c(C(=O)NCc3c(F)cc(F)cc3F)cn12. The Morgan fingerprint density at radius 2 is 1.77 bits per heavy atom. The second-order valence-electron chi connectivity index (χ2n) is 9.43. The Labute approximate surface area is 220 Å². The van der Waals surface area contributed by atoms with Crippen molar-refractivity contribution in [1.82, 2.24) is 14.8 Å². The van der Waals surface area contributed by atoms with Gasteiger partial charge in [0.25, 0.3) is 11.8 Å². The molecule has 3 aromatic rings. The van der Waals surface area contributed by atoms with Crippen molar-refractivity contribution in [3.05, 3.63) is 111 Å². The second-order valence-corrected chi connectivity index (χ2v) is 9.43. The van der Waals surface area contributed by atoms with Gasteiger partial charge < -0.3 is 19.5 Å². The van der Waals surface area contributed by atoms with E-state index in [4.69, 9.17) is 4.74 Å². The number of ether oxygens (including phenoxy) is 1. The van der Waals surface area contributed by atoms with Crippen LogP contribution in [0.25, 0.3) is 0 Å². The normalized spacial score (nSPS) is 18.2. The topological polar surface area (TPSA) is 80.6 Å². The number of carbonyl (C=O) groups excluding carboxylic acids is 2. The summed E-state index contributed by atoms with van der Waals surface area (Å²) in [6.45, 7) is 1.02. The lowest BCUT2D eigenvalue weighted by molar-refractivity contribution is 0.0625. The van der Waals surface area contributed by atoms with Gasteiger partial charge in [0, 0.05) is 43.4 Å². The summed E-state index contributed by atoms with van der Waals surface area (Å²) in [7, 11) is 0. The number of fused-ring (bicyclic) bond motifs is 4. The van der Waals surface area contributed by atoms with E-state index in [0.717, 1.165) is 6.20 Å². The summed E-state index contributed by atoms with van der Waals surface area (Å²) < 4.78 is 63.2. The van der Waals surface area contributed by atoms with Crippen LogP contribution in [-0.2, 0) is 13.2 Å². The first-order chi connectivity index (χ1) is 18.6. The minimum absolute atomic E-state index is 0.0881. The zero-order valence-electron chi connectivity index (χ0n) is 20.7. The van der Waals surface area contributed by atoms with Gasteiger partial charge in [0.15, 0.2) is 11.4 Å². The first-order valence-corrected chi connectivity index (χ1v) is 12.2. The maximum atomic E-state index is 14.6. The van der Waals surface area contributed by atoms with Gasteiger partial charge in [0.2, 0.25) is 5.43 Å². The number of carbonyl (C=O) groups is 2. The summed E-state index contributed by atoms with van der Waals surface area (Å²) in [5.74, 6) is -5.94. The summed E-state index contributed by atoms with van der Waals surface area (Å²) in [6, 6.07) is 8.55. The molecular weight excluding hydrogens is 518 g/mol. The lowest BCUT2D eigenvalue weighted by atomic mass is 10.1. The van der Waals surface area contributed by atoms with Crippen molar-refractivity contribution in [2.45, 2.75) is 38.6 Å². The standard InChI is InChI=1S/C28H23F4N3O4/c1-15-7-17(29)8-19-12-34(15)28(38)24-26(39-14-16-5-3-2-4-6-16)25(36)21(13-35(19)24)27(37)33-11-20-22(31)9-18(30)10-23(20)32/h2-7,9-10,13,15,19H,8,11-12,14H2,1H3,(H,33,37)/t15-,19-/m0/s1. The number of hydrogen-bond acceptors (Lipinski definition) is 4. The van der Waals surface area contributed by atoms with Crippen LogP contribution in [0.15, 0.2) is 65.4 Å². The van der Waals surface area contributed by atoms with E-state index < -0.39 is 70.3 Å². The number of allylic oxidation sites excluding steroid dienone is 1. The van der Waals surface area contributed by atoms with Crippen LogP contribution in [-0.4, -0.2) is 33.9 Å². The molecule has 2 aliphatic rings. The van der Waals surface area contributed by atoms with Gasteiger partial charge in [-0.15, -0.1) is 0 Å². The summed E-state index contributed by atoms with van der Waals surface area (Å²) in [4.78, 5) is 41.6. The summed E-state index contributed by atoms with van der Waals surface area (Å²) >= 11 is 0. The molecule has 1 aromatic heterocycles. The van der Waals surface area contributed by atoms with Gasteiger partial charge in [-0.25, -0.2) is 17.6 Å². The molecule has 0 spiro atoms. The van der Waals surface area contributed by atoms with E-state index in [-0.39, 0.29) is 31.0 Å². The molecule has 5 rings (SSSR count). The van der Waals surface area contributed by atoms with Gasteiger partial charge in [0.1, 0.15) is 35.4 Å². The molecule has 0 saturated carbocycles. The summed E-state index contributed by atoms with van der Waals surface area (Å²) in [5, 5.41) is 2.27. The number of nitrogens with one attached hydrogen (secondary N) is 1. The van der Waals surface area contributed by atoms with Crippen LogP contribution in [0, 0.1) is 17.5 Å². The Balaban J connectivity index is 1.56. The molecule has 0 fully saturated rings. The van der Waals surface area contributed by atoms with E-state index in [0.29, 0.717) is 17.7 Å². The molecule has 3 heterocycles. The lowest BCUT2D eigenvalue weighted by Gasteiger charge is -2.37. The number of aromatic nitrogens is 1. The predicted octanol–water partition coefficient (Wildman–Crippen LogP) is 4.42. The van der Waals surface area contributed by atoms with Crippen LogP contribution in [0.1, 0.15) is 51.4 Å². The fraction of sp³-hybridized carbons (Fsp3) is 0.250. The van der Waals surface area contributed by atoms with Gasteiger partial charge in [-0.3, -0.25) is 14.4 Å². The molecule has 11 heteroatoms. The number of rotatable bonds is 6. The van der Waals surface area contributed by atoms with Gasteiger partial charge in [-0.1, -0.05) is 30.3 Å². The molecule has 1 N–H and O–H groups in total. The molecule has 39 heavy (non-hydrogen) atoms. The molecule has 0 saturated heterocycles. The van der Waals surface area contributed by atoms with Crippen molar-refractivity contribution in [1.29, 1.82) is 0 Å². The third-order valence-corrected chi connectivity index (χ3v) is 6.80. The monoisotopic (exact) mass is 541 g/mol. The second kappa shape index (κ2) is 10.4. The number of amides is 2. The molecule has 2 bridgehead atoms. The minimum Gasteiger partial charge on any atom is -0.483 e. The number of pyridine rings is 1. The molecule has 2 amide bonds. The minimum atomic E-state index is -1.21. The van der Waals surface area contributed by atoms with Crippen LogP contribution in [0.4, 0.5) is 17.6 Å². The molecule has 2 aliphatic heterocycles.